The van der Waals surface area contributed by atoms with Gasteiger partial charge in [0, 0.05) is 31.6 Å². The van der Waals surface area contributed by atoms with Crippen LogP contribution in [-0.4, -0.2) is 41.8 Å². The Balaban J connectivity index is 0.00000274. The maximum atomic E-state index is 12.8. The molecule has 1 fully saturated rings. The smallest absolute Gasteiger partial charge is 0.415 e. The minimum atomic E-state index is -0.313. The van der Waals surface area contributed by atoms with Crippen molar-refractivity contribution in [3.63, 3.8) is 0 Å². The molecule has 7 heteroatoms. The topological polar surface area (TPSA) is 85.0 Å². The van der Waals surface area contributed by atoms with E-state index in [0.29, 0.717) is 43.5 Å². The highest BCUT2D eigenvalue weighted by Gasteiger charge is 2.36. The van der Waals surface area contributed by atoms with Gasteiger partial charge in [0.1, 0.15) is 11.5 Å². The molecule has 2 aliphatic heterocycles. The molecule has 0 bridgehead atoms. The van der Waals surface area contributed by atoms with Crippen molar-refractivity contribution in [2.45, 2.75) is 38.4 Å². The number of ether oxygens (including phenoxy) is 2. The summed E-state index contributed by atoms with van der Waals surface area (Å²) in [4.78, 5) is 14.5. The summed E-state index contributed by atoms with van der Waals surface area (Å²) in [6.45, 7) is 3.54. The van der Waals surface area contributed by atoms with Crippen LogP contribution in [0.2, 0.25) is 0 Å². The predicted molar refractivity (Wildman–Crippen MR) is 135 cm³/mol. The summed E-state index contributed by atoms with van der Waals surface area (Å²) in [5, 5.41) is 12.8. The summed E-state index contributed by atoms with van der Waals surface area (Å²) < 4.78 is 12.0. The molecule has 2 heterocycles. The number of nitrogens with two attached hydrogens (primary N) is 1. The average Bonchev–Trinajstić information content (AvgIpc) is 2.85. The molecule has 0 aromatic heterocycles. The predicted octanol–water partition coefficient (Wildman–Crippen LogP) is 5.13. The van der Waals surface area contributed by atoms with Crippen molar-refractivity contribution < 1.29 is 19.4 Å². The number of hydrogen-bond acceptors (Lipinski definition) is 5. The number of phenols is 1. The number of phenolic OH excluding ortho intramolecular Hbond substituents is 1. The number of piperidine rings is 1. The number of aryl methyl sites for hydroxylation is 1. The van der Waals surface area contributed by atoms with Crippen LogP contribution >= 0.6 is 12.4 Å². The van der Waals surface area contributed by atoms with E-state index in [9.17, 15) is 9.90 Å². The lowest BCUT2D eigenvalue weighted by Crippen LogP contribution is -2.45. The second kappa shape index (κ2) is 10.2. The van der Waals surface area contributed by atoms with Gasteiger partial charge in [0.25, 0.3) is 0 Å². The molecule has 3 aromatic rings. The lowest BCUT2D eigenvalue weighted by Gasteiger charge is -2.40. The second-order valence-corrected chi connectivity index (χ2v) is 9.10. The molecule has 1 saturated heterocycles. The Morgan fingerprint density at radius 3 is 2.59 bits per heavy atom. The maximum absolute atomic E-state index is 12.8. The molecule has 34 heavy (non-hydrogen) atoms. The third kappa shape index (κ3) is 4.71. The van der Waals surface area contributed by atoms with Crippen LogP contribution in [0, 0.1) is 12.8 Å². The van der Waals surface area contributed by atoms with Crippen LogP contribution in [0.3, 0.4) is 0 Å². The minimum Gasteiger partial charge on any atom is -0.507 e. The fraction of sp³-hybridized carbons (Fsp3) is 0.370. The first-order valence-electron chi connectivity index (χ1n) is 11.7. The molecule has 3 N–H and O–H groups in total. The quantitative estimate of drug-likeness (QED) is 0.540. The lowest BCUT2D eigenvalue weighted by molar-refractivity contribution is -0.0633. The third-order valence-electron chi connectivity index (χ3n) is 7.08. The molecule has 180 valence electrons. The summed E-state index contributed by atoms with van der Waals surface area (Å²) in [6, 6.07) is 17.6. The number of halogens is 1. The van der Waals surface area contributed by atoms with Gasteiger partial charge in [-0.2, -0.15) is 0 Å². The minimum absolute atomic E-state index is 0. The number of hydrogen-bond donors (Lipinski definition) is 2. The number of likely N-dealkylation sites (tertiary alicyclic amines) is 1. The van der Waals surface area contributed by atoms with Crippen molar-refractivity contribution in [1.82, 2.24) is 4.90 Å². The van der Waals surface area contributed by atoms with E-state index in [1.54, 1.807) is 4.90 Å². The molecule has 0 saturated carbocycles. The van der Waals surface area contributed by atoms with Gasteiger partial charge < -0.3 is 25.2 Å². The molecule has 0 spiro atoms. The summed E-state index contributed by atoms with van der Waals surface area (Å²) in [5.41, 5.74) is 8.82. The van der Waals surface area contributed by atoms with Gasteiger partial charge in [0.15, 0.2) is 0 Å². The maximum Gasteiger partial charge on any atom is 0.415 e. The van der Waals surface area contributed by atoms with Gasteiger partial charge in [0.05, 0.1) is 12.2 Å². The monoisotopic (exact) mass is 482 g/mol. The fourth-order valence-corrected chi connectivity index (χ4v) is 5.13. The average molecular weight is 483 g/mol. The Morgan fingerprint density at radius 2 is 1.85 bits per heavy atom. The second-order valence-electron chi connectivity index (χ2n) is 9.10. The number of carbonyl (C=O) groups excluding carboxylic acids is 1. The zero-order chi connectivity index (χ0) is 22.9. The van der Waals surface area contributed by atoms with Crippen molar-refractivity contribution in [3.05, 3.63) is 71.3 Å². The Kier molecular flexibility index (Phi) is 7.31. The van der Waals surface area contributed by atoms with E-state index in [2.05, 4.69) is 0 Å². The van der Waals surface area contributed by atoms with Gasteiger partial charge in [-0.1, -0.05) is 42.5 Å². The van der Waals surface area contributed by atoms with Crippen molar-refractivity contribution in [2.75, 3.05) is 19.6 Å². The molecular formula is C27H31ClN2O4. The highest BCUT2D eigenvalue weighted by Crippen LogP contribution is 2.40. The van der Waals surface area contributed by atoms with Gasteiger partial charge in [-0.05, 0) is 59.7 Å². The Morgan fingerprint density at radius 1 is 1.12 bits per heavy atom. The number of nitrogens with zero attached hydrogens (tertiary/aromatic N) is 1. The molecule has 2 atom stereocenters. The van der Waals surface area contributed by atoms with Gasteiger partial charge >= 0.3 is 6.09 Å². The molecule has 2 aliphatic rings. The molecule has 0 aliphatic carbocycles. The van der Waals surface area contributed by atoms with Crippen LogP contribution in [0.25, 0.3) is 10.8 Å². The van der Waals surface area contributed by atoms with Crippen LogP contribution in [0.15, 0.2) is 54.6 Å². The molecule has 1 amide bonds. The summed E-state index contributed by atoms with van der Waals surface area (Å²) in [7, 11) is 0. The number of rotatable bonds is 3. The molecule has 6 nitrogen and oxygen atoms in total. The SMILES string of the molecule is Cc1ccc2c(c1O)C[C@@H](C1CCN(C(=O)Oc3ccc4ccccc4c3)CC1)O[C@H]2CN.Cl. The van der Waals surface area contributed by atoms with E-state index in [4.69, 9.17) is 15.2 Å². The van der Waals surface area contributed by atoms with E-state index < -0.39 is 0 Å². The molecule has 5 rings (SSSR count). The van der Waals surface area contributed by atoms with Crippen LogP contribution < -0.4 is 10.5 Å². The highest BCUT2D eigenvalue weighted by molar-refractivity contribution is 5.85. The fourth-order valence-electron chi connectivity index (χ4n) is 5.13. The highest BCUT2D eigenvalue weighted by atomic mass is 35.5. The van der Waals surface area contributed by atoms with Crippen LogP contribution in [0.1, 0.15) is 35.6 Å². The summed E-state index contributed by atoms with van der Waals surface area (Å²) in [5.74, 6) is 1.22. The largest absolute Gasteiger partial charge is 0.507 e. The molecule has 3 aromatic carbocycles. The molecule has 0 unspecified atom stereocenters. The first-order chi connectivity index (χ1) is 16.0. The Hall–Kier alpha value is -2.80. The van der Waals surface area contributed by atoms with E-state index in [-0.39, 0.29) is 30.7 Å². The standard InChI is InChI=1S/C27H30N2O4.ClH/c1-17-6-9-22-23(26(17)30)15-24(33-25(22)16-28)19-10-12-29(13-11-19)27(31)32-21-8-7-18-4-2-3-5-20(18)14-21;/h2-9,14,19,24-25,30H,10-13,15-16,28H2,1H3;1H/t24-,25-;/m0./s1. The summed E-state index contributed by atoms with van der Waals surface area (Å²) in [6.07, 6.45) is 1.80. The van der Waals surface area contributed by atoms with Crippen molar-refractivity contribution in [2.24, 2.45) is 11.7 Å². The number of benzene rings is 3. The van der Waals surface area contributed by atoms with Gasteiger partial charge in [-0.15, -0.1) is 12.4 Å². The van der Waals surface area contributed by atoms with Gasteiger partial charge in [-0.25, -0.2) is 4.79 Å². The molecule has 0 radical (unpaired) electrons. The first kappa shape index (κ1) is 24.3. The lowest BCUT2D eigenvalue weighted by atomic mass is 9.83. The van der Waals surface area contributed by atoms with E-state index in [0.717, 1.165) is 40.3 Å². The zero-order valence-electron chi connectivity index (χ0n) is 19.3. The van der Waals surface area contributed by atoms with Gasteiger partial charge in [0.2, 0.25) is 0 Å². The van der Waals surface area contributed by atoms with E-state index >= 15 is 0 Å². The number of amides is 1. The van der Waals surface area contributed by atoms with Crippen molar-refractivity contribution in [1.29, 1.82) is 0 Å². The zero-order valence-corrected chi connectivity index (χ0v) is 20.1. The van der Waals surface area contributed by atoms with E-state index in [1.807, 2.05) is 61.5 Å². The summed E-state index contributed by atoms with van der Waals surface area (Å²) >= 11 is 0. The third-order valence-corrected chi connectivity index (χ3v) is 7.08. The van der Waals surface area contributed by atoms with Crippen LogP contribution in [0.4, 0.5) is 4.79 Å². The number of carbonyl (C=O) groups is 1. The van der Waals surface area contributed by atoms with Crippen LogP contribution in [0.5, 0.6) is 11.5 Å². The Labute approximate surface area is 206 Å². The first-order valence-corrected chi connectivity index (χ1v) is 11.7. The Bertz CT molecular complexity index is 1180. The van der Waals surface area contributed by atoms with Crippen molar-refractivity contribution >= 4 is 29.3 Å². The molecular weight excluding hydrogens is 452 g/mol. The normalized spacial score (nSPS) is 20.5. The number of fused-ring (bicyclic) bond motifs is 2. The van der Waals surface area contributed by atoms with Crippen LogP contribution in [-0.2, 0) is 11.2 Å². The number of aromatic hydroxyl groups is 1. The van der Waals surface area contributed by atoms with Crippen molar-refractivity contribution in [3.8, 4) is 11.5 Å². The van der Waals surface area contributed by atoms with E-state index in [1.165, 1.54) is 0 Å². The van der Waals surface area contributed by atoms with Gasteiger partial charge in [-0.3, -0.25) is 0 Å².